The number of unbranched alkanes of at least 4 members (excludes halogenated alkanes) is 1. The fourth-order valence-corrected chi connectivity index (χ4v) is 2.01. The Morgan fingerprint density at radius 1 is 1.20 bits per heavy atom. The first-order valence-electron chi connectivity index (χ1n) is 7.07. The Balaban J connectivity index is 2.65. The molecule has 0 aliphatic carbocycles. The van der Waals surface area contributed by atoms with Gasteiger partial charge in [-0.25, -0.2) is 4.79 Å². The molecule has 0 saturated carbocycles. The van der Waals surface area contributed by atoms with E-state index >= 15 is 0 Å². The fourth-order valence-electron chi connectivity index (χ4n) is 2.01. The zero-order valence-electron chi connectivity index (χ0n) is 12.1. The molecule has 4 nitrogen and oxygen atoms in total. The summed E-state index contributed by atoms with van der Waals surface area (Å²) in [6, 6.07) is 5.95. The Bertz CT molecular complexity index is 454. The van der Waals surface area contributed by atoms with Gasteiger partial charge in [0.05, 0.1) is 18.1 Å². The van der Waals surface area contributed by atoms with Crippen molar-refractivity contribution in [3.63, 3.8) is 0 Å². The van der Waals surface area contributed by atoms with Crippen molar-refractivity contribution >= 4 is 11.9 Å². The summed E-state index contributed by atoms with van der Waals surface area (Å²) in [6.07, 6.45) is 4.17. The van der Waals surface area contributed by atoms with Gasteiger partial charge in [0.15, 0.2) is 0 Å². The summed E-state index contributed by atoms with van der Waals surface area (Å²) in [6.45, 7) is 4.51. The molecule has 0 spiro atoms. The number of rotatable bonds is 8. The maximum atomic E-state index is 12.0. The minimum absolute atomic E-state index is 0.0536. The number of carboxylic acid groups (broad SMARTS) is 1. The molecule has 20 heavy (non-hydrogen) atoms. The number of benzene rings is 1. The minimum atomic E-state index is -1.37. The third-order valence-corrected chi connectivity index (χ3v) is 3.36. The topological polar surface area (TPSA) is 66.4 Å². The molecule has 0 aliphatic heterocycles. The van der Waals surface area contributed by atoms with Crippen LogP contribution in [0.2, 0.25) is 0 Å². The Kier molecular flexibility index (Phi) is 6.77. The second kappa shape index (κ2) is 8.35. The molecule has 0 amide bonds. The van der Waals surface area contributed by atoms with Crippen molar-refractivity contribution in [1.29, 1.82) is 0 Å². The van der Waals surface area contributed by atoms with Crippen LogP contribution < -0.4 is 5.11 Å². The van der Waals surface area contributed by atoms with Crippen molar-refractivity contribution in [3.05, 3.63) is 35.4 Å². The summed E-state index contributed by atoms with van der Waals surface area (Å²) in [5, 5.41) is 10.9. The number of hydrogen-bond donors (Lipinski definition) is 0. The summed E-state index contributed by atoms with van der Waals surface area (Å²) in [7, 11) is 0. The molecule has 1 atom stereocenters. The van der Waals surface area contributed by atoms with E-state index in [1.807, 2.05) is 0 Å². The summed E-state index contributed by atoms with van der Waals surface area (Å²) in [5.74, 6) is -1.63. The smallest absolute Gasteiger partial charge is 0.338 e. The largest absolute Gasteiger partial charge is 0.545 e. The second-order valence-corrected chi connectivity index (χ2v) is 4.85. The van der Waals surface area contributed by atoms with Crippen LogP contribution in [0.4, 0.5) is 0 Å². The van der Waals surface area contributed by atoms with E-state index in [1.165, 1.54) is 12.1 Å². The third kappa shape index (κ3) is 4.68. The van der Waals surface area contributed by atoms with Gasteiger partial charge in [0.25, 0.3) is 0 Å². The van der Waals surface area contributed by atoms with E-state index in [1.54, 1.807) is 12.1 Å². The molecule has 0 N–H and O–H groups in total. The number of hydrogen-bond acceptors (Lipinski definition) is 4. The molecule has 0 aromatic heterocycles. The van der Waals surface area contributed by atoms with E-state index in [9.17, 15) is 14.7 Å². The molecule has 0 heterocycles. The quantitative estimate of drug-likeness (QED) is 0.684. The van der Waals surface area contributed by atoms with Gasteiger partial charge in [-0.15, -0.1) is 0 Å². The normalized spacial score (nSPS) is 11.9. The van der Waals surface area contributed by atoms with Crippen LogP contribution in [0.15, 0.2) is 24.3 Å². The monoisotopic (exact) mass is 277 g/mol. The molecule has 0 bridgehead atoms. The number of ether oxygens (including phenoxy) is 1. The summed E-state index contributed by atoms with van der Waals surface area (Å²) >= 11 is 0. The standard InChI is InChI=1S/C16H22O4/c1-3-5-8-12(4-2)11-20-16(19)14-10-7-6-9-13(14)15(17)18/h6-7,9-10,12H,3-5,8,11H2,1-2H3,(H,17,18)/p-1. The van der Waals surface area contributed by atoms with Gasteiger partial charge < -0.3 is 14.6 Å². The number of esters is 1. The van der Waals surface area contributed by atoms with E-state index in [4.69, 9.17) is 4.74 Å². The van der Waals surface area contributed by atoms with Gasteiger partial charge in [-0.3, -0.25) is 0 Å². The Morgan fingerprint density at radius 2 is 1.85 bits per heavy atom. The summed E-state index contributed by atoms with van der Waals surface area (Å²) in [5.41, 5.74) is -0.0723. The summed E-state index contributed by atoms with van der Waals surface area (Å²) in [4.78, 5) is 22.9. The molecular formula is C16H21O4-. The lowest BCUT2D eigenvalue weighted by molar-refractivity contribution is -0.255. The highest BCUT2D eigenvalue weighted by atomic mass is 16.5. The van der Waals surface area contributed by atoms with Crippen LogP contribution in [-0.2, 0) is 4.74 Å². The molecule has 1 rings (SSSR count). The number of carboxylic acids is 1. The molecule has 1 aromatic carbocycles. The van der Waals surface area contributed by atoms with Gasteiger partial charge in [0, 0.05) is 5.56 Å². The number of aromatic carboxylic acids is 1. The average molecular weight is 277 g/mol. The van der Waals surface area contributed by atoms with Gasteiger partial charge in [-0.05, 0) is 18.4 Å². The Labute approximate surface area is 119 Å². The zero-order chi connectivity index (χ0) is 15.0. The number of carbonyl (C=O) groups is 2. The van der Waals surface area contributed by atoms with Crippen molar-refractivity contribution in [2.75, 3.05) is 6.61 Å². The SMILES string of the molecule is CCCCC(CC)COC(=O)c1ccccc1C(=O)[O-]. The summed E-state index contributed by atoms with van der Waals surface area (Å²) < 4.78 is 5.24. The van der Waals surface area contributed by atoms with Crippen LogP contribution in [0.1, 0.15) is 60.2 Å². The van der Waals surface area contributed by atoms with E-state index < -0.39 is 11.9 Å². The lowest BCUT2D eigenvalue weighted by Crippen LogP contribution is -2.25. The van der Waals surface area contributed by atoms with E-state index in [-0.39, 0.29) is 11.1 Å². The van der Waals surface area contributed by atoms with Gasteiger partial charge in [-0.2, -0.15) is 0 Å². The van der Waals surface area contributed by atoms with E-state index in [0.717, 1.165) is 25.7 Å². The van der Waals surface area contributed by atoms with Crippen molar-refractivity contribution in [2.24, 2.45) is 5.92 Å². The maximum absolute atomic E-state index is 12.0. The van der Waals surface area contributed by atoms with Gasteiger partial charge in [0.1, 0.15) is 0 Å². The third-order valence-electron chi connectivity index (χ3n) is 3.36. The first-order valence-corrected chi connectivity index (χ1v) is 7.07. The van der Waals surface area contributed by atoms with Crippen LogP contribution in [0, 0.1) is 5.92 Å². The minimum Gasteiger partial charge on any atom is -0.545 e. The van der Waals surface area contributed by atoms with Crippen LogP contribution >= 0.6 is 0 Å². The van der Waals surface area contributed by atoms with Crippen molar-refractivity contribution in [1.82, 2.24) is 0 Å². The van der Waals surface area contributed by atoms with Gasteiger partial charge in [-0.1, -0.05) is 51.3 Å². The molecule has 110 valence electrons. The van der Waals surface area contributed by atoms with Crippen LogP contribution in [0.3, 0.4) is 0 Å². The zero-order valence-corrected chi connectivity index (χ0v) is 12.1. The lowest BCUT2D eigenvalue weighted by Gasteiger charge is -2.15. The molecule has 1 unspecified atom stereocenters. The predicted octanol–water partition coefficient (Wildman–Crippen LogP) is 2.42. The highest BCUT2D eigenvalue weighted by molar-refractivity contribution is 6.01. The fraction of sp³-hybridized carbons (Fsp3) is 0.500. The molecule has 4 heteroatoms. The second-order valence-electron chi connectivity index (χ2n) is 4.85. The lowest BCUT2D eigenvalue weighted by atomic mass is 10.0. The first kappa shape index (κ1) is 16.2. The van der Waals surface area contributed by atoms with Crippen molar-refractivity contribution in [3.8, 4) is 0 Å². The Morgan fingerprint density at radius 3 is 2.40 bits per heavy atom. The van der Waals surface area contributed by atoms with Gasteiger partial charge in [0.2, 0.25) is 0 Å². The molecule has 1 aromatic rings. The maximum Gasteiger partial charge on any atom is 0.338 e. The van der Waals surface area contributed by atoms with E-state index in [0.29, 0.717) is 12.5 Å². The average Bonchev–Trinajstić information content (AvgIpc) is 2.47. The first-order chi connectivity index (χ1) is 9.60. The predicted molar refractivity (Wildman–Crippen MR) is 74.4 cm³/mol. The van der Waals surface area contributed by atoms with Crippen LogP contribution in [0.5, 0.6) is 0 Å². The highest BCUT2D eigenvalue weighted by Crippen LogP contribution is 2.15. The van der Waals surface area contributed by atoms with Gasteiger partial charge >= 0.3 is 5.97 Å². The molecule has 0 fully saturated rings. The van der Waals surface area contributed by atoms with Crippen LogP contribution in [0.25, 0.3) is 0 Å². The van der Waals surface area contributed by atoms with E-state index in [2.05, 4.69) is 13.8 Å². The van der Waals surface area contributed by atoms with Crippen molar-refractivity contribution in [2.45, 2.75) is 39.5 Å². The van der Waals surface area contributed by atoms with Crippen molar-refractivity contribution < 1.29 is 19.4 Å². The molecule has 0 aliphatic rings. The molecule has 0 saturated heterocycles. The molecule has 0 radical (unpaired) electrons. The Hall–Kier alpha value is -1.84. The molecular weight excluding hydrogens is 256 g/mol. The highest BCUT2D eigenvalue weighted by Gasteiger charge is 2.15. The van der Waals surface area contributed by atoms with Crippen LogP contribution in [-0.4, -0.2) is 18.5 Å². The number of carbonyl (C=O) groups excluding carboxylic acids is 2.